The lowest BCUT2D eigenvalue weighted by atomic mass is 9.65. The van der Waals surface area contributed by atoms with Crippen molar-refractivity contribution in [3.63, 3.8) is 0 Å². The summed E-state index contributed by atoms with van der Waals surface area (Å²) < 4.78 is 0.476. The summed E-state index contributed by atoms with van der Waals surface area (Å²) in [6.07, 6.45) is 6.80. The molecule has 1 aromatic carbocycles. The molecule has 29 heavy (non-hydrogen) atoms. The first-order chi connectivity index (χ1) is 14.2. The molecule has 0 spiro atoms. The highest BCUT2D eigenvalue weighted by Gasteiger charge is 2.40. The summed E-state index contributed by atoms with van der Waals surface area (Å²) in [6, 6.07) is 10.4. The highest BCUT2D eigenvalue weighted by atomic mass is 79.9. The number of hydrogen-bond donors (Lipinski definition) is 1. The Kier molecular flexibility index (Phi) is 5.16. The van der Waals surface area contributed by atoms with Crippen LogP contribution in [-0.2, 0) is 22.6 Å². The van der Waals surface area contributed by atoms with Crippen LogP contribution in [-0.4, -0.2) is 22.5 Å². The lowest BCUT2D eigenvalue weighted by molar-refractivity contribution is -0.151. The first kappa shape index (κ1) is 18.9. The Balaban J connectivity index is 1.26. The smallest absolute Gasteiger partial charge is 0.335 e. The predicted molar refractivity (Wildman–Crippen MR) is 114 cm³/mol. The third-order valence-corrected chi connectivity index (χ3v) is 7.10. The molecular formula is C22H25BrN4O2. The van der Waals surface area contributed by atoms with E-state index >= 15 is 0 Å². The summed E-state index contributed by atoms with van der Waals surface area (Å²) in [5, 5.41) is 0. The molecule has 1 atom stereocenters. The average Bonchev–Trinajstić information content (AvgIpc) is 2.77. The Labute approximate surface area is 179 Å². The molecule has 7 heteroatoms. The van der Waals surface area contributed by atoms with Crippen molar-refractivity contribution in [2.75, 3.05) is 16.9 Å². The molecule has 2 bridgehead atoms. The standard InChI is InChI=1S/C22H25BrN4O2/c23-22-24-19(26-29-21(28)18-11-14-5-7-16(18)8-6-14)12-20(25-22)27-10-9-15-3-1-2-4-17(15)13-27/h1-4,12,14,16,18H,5-11,13H2,(H,24,25,26). The van der Waals surface area contributed by atoms with Crippen LogP contribution in [0.25, 0.3) is 0 Å². The minimum absolute atomic E-state index is 0.0262. The number of aromatic nitrogens is 2. The van der Waals surface area contributed by atoms with Gasteiger partial charge in [0.2, 0.25) is 4.73 Å². The first-order valence-corrected chi connectivity index (χ1v) is 11.3. The molecule has 0 radical (unpaired) electrons. The lowest BCUT2D eigenvalue weighted by Gasteiger charge is -2.40. The second kappa shape index (κ2) is 7.94. The van der Waals surface area contributed by atoms with Gasteiger partial charge in [0, 0.05) is 19.2 Å². The van der Waals surface area contributed by atoms with E-state index in [1.165, 1.54) is 24.0 Å². The van der Waals surface area contributed by atoms with Crippen molar-refractivity contribution in [1.82, 2.24) is 9.97 Å². The van der Waals surface area contributed by atoms with Gasteiger partial charge in [0.15, 0.2) is 5.82 Å². The van der Waals surface area contributed by atoms with Crippen LogP contribution in [0.1, 0.15) is 43.2 Å². The maximum atomic E-state index is 12.6. The zero-order chi connectivity index (χ0) is 19.8. The quantitative estimate of drug-likeness (QED) is 0.539. The van der Waals surface area contributed by atoms with E-state index in [2.05, 4.69) is 60.5 Å². The molecule has 152 valence electrons. The van der Waals surface area contributed by atoms with Gasteiger partial charge in [-0.3, -0.25) is 0 Å². The highest BCUT2D eigenvalue weighted by Crippen LogP contribution is 2.45. The maximum Gasteiger partial charge on any atom is 0.335 e. The molecular weight excluding hydrogens is 432 g/mol. The fourth-order valence-corrected chi connectivity index (χ4v) is 5.53. The van der Waals surface area contributed by atoms with E-state index in [0.29, 0.717) is 22.4 Å². The number of benzene rings is 1. The number of fused-ring (bicyclic) bond motifs is 4. The largest absolute Gasteiger partial charge is 0.352 e. The minimum Gasteiger partial charge on any atom is -0.352 e. The topological polar surface area (TPSA) is 67.3 Å². The summed E-state index contributed by atoms with van der Waals surface area (Å²) >= 11 is 3.39. The van der Waals surface area contributed by atoms with Gasteiger partial charge < -0.3 is 9.74 Å². The summed E-state index contributed by atoms with van der Waals surface area (Å²) in [5.41, 5.74) is 5.50. The number of halogens is 1. The van der Waals surface area contributed by atoms with E-state index in [0.717, 1.165) is 44.6 Å². The summed E-state index contributed by atoms with van der Waals surface area (Å²) in [6.45, 7) is 1.70. The maximum absolute atomic E-state index is 12.6. The Morgan fingerprint density at radius 2 is 1.93 bits per heavy atom. The molecule has 0 saturated heterocycles. The number of rotatable bonds is 4. The number of nitrogens with one attached hydrogen (secondary N) is 1. The molecule has 6 rings (SSSR count). The van der Waals surface area contributed by atoms with Gasteiger partial charge in [0.25, 0.3) is 0 Å². The normalized spacial score (nSPS) is 25.4. The van der Waals surface area contributed by atoms with Gasteiger partial charge in [-0.1, -0.05) is 37.1 Å². The monoisotopic (exact) mass is 456 g/mol. The predicted octanol–water partition coefficient (Wildman–Crippen LogP) is 4.50. The Bertz CT molecular complexity index is 913. The van der Waals surface area contributed by atoms with E-state index in [1.54, 1.807) is 0 Å². The minimum atomic E-state index is -0.150. The van der Waals surface area contributed by atoms with Gasteiger partial charge in [-0.25, -0.2) is 20.2 Å². The molecule has 2 aromatic rings. The van der Waals surface area contributed by atoms with E-state index in [4.69, 9.17) is 4.84 Å². The number of hydrogen-bond acceptors (Lipinski definition) is 6. The third kappa shape index (κ3) is 3.97. The van der Waals surface area contributed by atoms with E-state index in [1.807, 2.05) is 6.07 Å². The van der Waals surface area contributed by atoms with Gasteiger partial charge >= 0.3 is 5.97 Å². The number of nitrogens with zero attached hydrogens (tertiary/aromatic N) is 3. The number of anilines is 2. The van der Waals surface area contributed by atoms with Crippen molar-refractivity contribution < 1.29 is 9.63 Å². The van der Waals surface area contributed by atoms with Crippen LogP contribution in [0.15, 0.2) is 35.1 Å². The molecule has 0 amide bonds. The fraction of sp³-hybridized carbons (Fsp3) is 0.500. The molecule has 1 aliphatic heterocycles. The third-order valence-electron chi connectivity index (χ3n) is 6.75. The molecule has 3 aliphatic carbocycles. The first-order valence-electron chi connectivity index (χ1n) is 10.5. The van der Waals surface area contributed by atoms with Crippen molar-refractivity contribution >= 4 is 33.5 Å². The fourth-order valence-electron chi connectivity index (χ4n) is 5.16. The van der Waals surface area contributed by atoms with Gasteiger partial charge in [0.1, 0.15) is 5.82 Å². The molecule has 6 nitrogen and oxygen atoms in total. The molecule has 3 fully saturated rings. The van der Waals surface area contributed by atoms with Gasteiger partial charge in [-0.05, 0) is 64.6 Å². The Hall–Kier alpha value is -2.15. The van der Waals surface area contributed by atoms with Gasteiger partial charge in [0.05, 0.1) is 5.92 Å². The number of carbonyl (C=O) groups is 1. The molecule has 1 aromatic heterocycles. The SMILES string of the molecule is O=C(ONc1cc(N2CCc3ccccc3C2)nc(Br)n1)C1CC2CCC1CC2. The summed E-state index contributed by atoms with van der Waals surface area (Å²) in [7, 11) is 0. The Morgan fingerprint density at radius 1 is 1.14 bits per heavy atom. The van der Waals surface area contributed by atoms with Crippen LogP contribution < -0.4 is 10.4 Å². The zero-order valence-corrected chi connectivity index (χ0v) is 17.9. The van der Waals surface area contributed by atoms with E-state index < -0.39 is 0 Å². The summed E-state index contributed by atoms with van der Waals surface area (Å²) in [4.78, 5) is 29.2. The molecule has 4 aliphatic rings. The molecule has 1 N–H and O–H groups in total. The van der Waals surface area contributed by atoms with Crippen LogP contribution >= 0.6 is 15.9 Å². The number of carbonyl (C=O) groups excluding carboxylic acids is 1. The van der Waals surface area contributed by atoms with Crippen LogP contribution in [0.5, 0.6) is 0 Å². The summed E-state index contributed by atoms with van der Waals surface area (Å²) in [5.74, 6) is 2.36. The second-order valence-corrected chi connectivity index (χ2v) is 9.18. The van der Waals surface area contributed by atoms with Crippen LogP contribution in [0.4, 0.5) is 11.6 Å². The lowest BCUT2D eigenvalue weighted by Crippen LogP contribution is -2.37. The zero-order valence-electron chi connectivity index (χ0n) is 16.3. The Morgan fingerprint density at radius 3 is 2.69 bits per heavy atom. The van der Waals surface area contributed by atoms with Crippen LogP contribution in [0, 0.1) is 17.8 Å². The van der Waals surface area contributed by atoms with Crippen molar-refractivity contribution in [2.24, 2.45) is 17.8 Å². The second-order valence-electron chi connectivity index (χ2n) is 8.47. The molecule has 3 saturated carbocycles. The van der Waals surface area contributed by atoms with Gasteiger partial charge in [-0.15, -0.1) is 0 Å². The average molecular weight is 457 g/mol. The van der Waals surface area contributed by atoms with Crippen molar-refractivity contribution in [3.8, 4) is 0 Å². The van der Waals surface area contributed by atoms with Gasteiger partial charge in [-0.2, -0.15) is 0 Å². The van der Waals surface area contributed by atoms with Crippen molar-refractivity contribution in [3.05, 3.63) is 46.2 Å². The van der Waals surface area contributed by atoms with E-state index in [9.17, 15) is 4.79 Å². The van der Waals surface area contributed by atoms with Crippen LogP contribution in [0.2, 0.25) is 0 Å². The van der Waals surface area contributed by atoms with Crippen molar-refractivity contribution in [1.29, 1.82) is 0 Å². The molecule has 2 heterocycles. The highest BCUT2D eigenvalue weighted by molar-refractivity contribution is 9.10. The van der Waals surface area contributed by atoms with Crippen LogP contribution in [0.3, 0.4) is 0 Å². The van der Waals surface area contributed by atoms with Crippen molar-refractivity contribution in [2.45, 2.75) is 45.1 Å². The van der Waals surface area contributed by atoms with E-state index in [-0.39, 0.29) is 11.9 Å². The molecule has 1 unspecified atom stereocenters.